The van der Waals surface area contributed by atoms with Crippen LogP contribution in [0.4, 0.5) is 0 Å². The number of nitrogens with zero attached hydrogens (tertiary/aromatic N) is 2. The third kappa shape index (κ3) is 3.56. The molecule has 0 aliphatic carbocycles. The zero-order valence-electron chi connectivity index (χ0n) is 16.2. The Morgan fingerprint density at radius 1 is 1.41 bits per heavy atom. The molecule has 9 heteroatoms. The van der Waals surface area contributed by atoms with Crippen LogP contribution in [0, 0.1) is 11.8 Å². The number of carbonyl (C=O) groups is 3. The van der Waals surface area contributed by atoms with Crippen LogP contribution in [0.1, 0.15) is 26.7 Å². The molecule has 0 aromatic rings. The number of thioether (sulfide) groups is 1. The molecule has 0 spiro atoms. The van der Waals surface area contributed by atoms with E-state index >= 15 is 0 Å². The highest BCUT2D eigenvalue weighted by Gasteiger charge is 2.64. The summed E-state index contributed by atoms with van der Waals surface area (Å²) in [6.45, 7) is 4.30. The van der Waals surface area contributed by atoms with Crippen molar-refractivity contribution >= 4 is 29.5 Å². The zero-order valence-corrected chi connectivity index (χ0v) is 17.0. The minimum atomic E-state index is -0.982. The van der Waals surface area contributed by atoms with Gasteiger partial charge in [-0.25, -0.2) is 4.79 Å². The van der Waals surface area contributed by atoms with E-state index in [0.717, 1.165) is 13.0 Å². The maximum atomic E-state index is 12.4. The number of nitrogens with one attached hydrogen (secondary N) is 1. The summed E-state index contributed by atoms with van der Waals surface area (Å²) >= 11 is 1.62. The summed E-state index contributed by atoms with van der Waals surface area (Å²) in [4.78, 5) is 39.3. The number of amides is 2. The molecule has 3 saturated heterocycles. The van der Waals surface area contributed by atoms with Crippen molar-refractivity contribution in [3.8, 4) is 0 Å². The monoisotopic (exact) mass is 399 g/mol. The molecule has 3 aliphatic rings. The van der Waals surface area contributed by atoms with Gasteiger partial charge in [0.1, 0.15) is 6.04 Å². The van der Waals surface area contributed by atoms with Crippen LogP contribution in [-0.4, -0.2) is 93.2 Å². The molecule has 3 heterocycles. The van der Waals surface area contributed by atoms with E-state index in [2.05, 4.69) is 5.32 Å². The molecule has 8 nitrogen and oxygen atoms in total. The first-order valence-electron chi connectivity index (χ1n) is 9.45. The van der Waals surface area contributed by atoms with Gasteiger partial charge in [0.2, 0.25) is 11.8 Å². The average molecular weight is 400 g/mol. The largest absolute Gasteiger partial charge is 0.480 e. The second-order valence-electron chi connectivity index (χ2n) is 8.20. The number of β-lactam (4-membered cyclic amide) rings is 1. The number of carboxylic acid groups (broad SMARTS) is 1. The first-order chi connectivity index (χ1) is 12.6. The van der Waals surface area contributed by atoms with E-state index < -0.39 is 24.0 Å². The van der Waals surface area contributed by atoms with E-state index in [0.29, 0.717) is 6.42 Å². The summed E-state index contributed by atoms with van der Waals surface area (Å²) < 4.78 is 0. The number of hydrogen-bond acceptors (Lipinski definition) is 6. The summed E-state index contributed by atoms with van der Waals surface area (Å²) in [6.07, 6.45) is 0.469. The van der Waals surface area contributed by atoms with Gasteiger partial charge in [-0.1, -0.05) is 6.92 Å². The van der Waals surface area contributed by atoms with Crippen LogP contribution in [0.3, 0.4) is 0 Å². The Labute approximate surface area is 163 Å². The van der Waals surface area contributed by atoms with Crippen LogP contribution in [0.5, 0.6) is 0 Å². The van der Waals surface area contributed by atoms with Crippen molar-refractivity contribution < 1.29 is 24.6 Å². The molecule has 0 radical (unpaired) electrons. The van der Waals surface area contributed by atoms with E-state index in [4.69, 9.17) is 0 Å². The normalized spacial score (nSPS) is 39.1. The number of aliphatic hydroxyl groups excluding tert-OH is 1. The van der Waals surface area contributed by atoms with Gasteiger partial charge in [0.15, 0.2) is 0 Å². The Balaban J connectivity index is 1.66. The average Bonchev–Trinajstić information content (AvgIpc) is 3.09. The van der Waals surface area contributed by atoms with Crippen molar-refractivity contribution in [3.63, 3.8) is 0 Å². The number of rotatable bonds is 6. The number of carboxylic acids is 1. The topological polar surface area (TPSA) is 110 Å². The van der Waals surface area contributed by atoms with Gasteiger partial charge >= 0.3 is 5.97 Å². The summed E-state index contributed by atoms with van der Waals surface area (Å²) in [5, 5.41) is 23.0. The molecule has 27 heavy (non-hydrogen) atoms. The van der Waals surface area contributed by atoms with Crippen LogP contribution in [0.25, 0.3) is 0 Å². The van der Waals surface area contributed by atoms with Crippen molar-refractivity contribution in [3.05, 3.63) is 0 Å². The van der Waals surface area contributed by atoms with Crippen molar-refractivity contribution in [1.82, 2.24) is 15.1 Å². The lowest BCUT2D eigenvalue weighted by molar-refractivity contribution is -0.170. The van der Waals surface area contributed by atoms with Gasteiger partial charge in [-0.05, 0) is 19.3 Å². The first-order valence-corrected chi connectivity index (χ1v) is 10.4. The summed E-state index contributed by atoms with van der Waals surface area (Å²) in [6, 6.07) is -0.960. The Kier molecular flexibility index (Phi) is 5.74. The minimum Gasteiger partial charge on any atom is -0.480 e. The maximum Gasteiger partial charge on any atom is 0.327 e. The molecule has 3 fully saturated rings. The number of hydrogen-bond donors (Lipinski definition) is 3. The fourth-order valence-corrected chi connectivity index (χ4v) is 6.49. The predicted octanol–water partition coefficient (Wildman–Crippen LogP) is -0.392. The number of carbonyl (C=O) groups excluding carboxylic acids is 2. The molecular formula is C18H29N3O5S. The van der Waals surface area contributed by atoms with Gasteiger partial charge in [0.25, 0.3) is 0 Å². The van der Waals surface area contributed by atoms with Crippen molar-refractivity contribution in [1.29, 1.82) is 0 Å². The highest BCUT2D eigenvalue weighted by Crippen LogP contribution is 2.50. The maximum absolute atomic E-state index is 12.4. The van der Waals surface area contributed by atoms with Crippen LogP contribution < -0.4 is 5.32 Å². The van der Waals surface area contributed by atoms with Gasteiger partial charge in [0.05, 0.1) is 18.1 Å². The quantitative estimate of drug-likeness (QED) is 0.522. The molecule has 2 amide bonds. The van der Waals surface area contributed by atoms with E-state index in [-0.39, 0.29) is 40.3 Å². The second-order valence-corrected chi connectivity index (χ2v) is 9.68. The molecule has 0 bridgehead atoms. The van der Waals surface area contributed by atoms with Gasteiger partial charge < -0.3 is 25.3 Å². The molecule has 152 valence electrons. The third-order valence-corrected chi connectivity index (χ3v) is 7.87. The SMILES string of the molecule is C[C@@H](O)[C@H]1C(=O)N2C(C(=O)O)C(S[C@@H]3CN[C@H](CC(=O)N(C)C)C3)[C@H](C)[C@H]12. The van der Waals surface area contributed by atoms with Gasteiger partial charge in [0, 0.05) is 43.6 Å². The smallest absolute Gasteiger partial charge is 0.327 e. The third-order valence-electron chi connectivity index (χ3n) is 6.12. The molecule has 0 saturated carbocycles. The summed E-state index contributed by atoms with van der Waals surface area (Å²) in [5.74, 6) is -1.67. The Morgan fingerprint density at radius 3 is 2.63 bits per heavy atom. The highest BCUT2D eigenvalue weighted by molar-refractivity contribution is 8.00. The summed E-state index contributed by atoms with van der Waals surface area (Å²) in [5.41, 5.74) is 0. The van der Waals surface area contributed by atoms with E-state index in [9.17, 15) is 24.6 Å². The molecule has 8 atom stereocenters. The van der Waals surface area contributed by atoms with Crippen LogP contribution in [-0.2, 0) is 14.4 Å². The lowest BCUT2D eigenvalue weighted by atomic mass is 9.79. The molecule has 0 aromatic heterocycles. The fraction of sp³-hybridized carbons (Fsp3) is 0.833. The van der Waals surface area contributed by atoms with Crippen LogP contribution >= 0.6 is 11.8 Å². The molecule has 3 rings (SSSR count). The lowest BCUT2D eigenvalue weighted by Gasteiger charge is -2.47. The number of aliphatic carboxylic acids is 1. The summed E-state index contributed by atoms with van der Waals surface area (Å²) in [7, 11) is 3.47. The Bertz CT molecular complexity index is 628. The lowest BCUT2D eigenvalue weighted by Crippen LogP contribution is -2.65. The highest BCUT2D eigenvalue weighted by atomic mass is 32.2. The second kappa shape index (κ2) is 7.60. The van der Waals surface area contributed by atoms with E-state index in [1.165, 1.54) is 4.90 Å². The van der Waals surface area contributed by atoms with Gasteiger partial charge in [-0.3, -0.25) is 9.59 Å². The Morgan fingerprint density at radius 2 is 2.07 bits per heavy atom. The van der Waals surface area contributed by atoms with Crippen molar-refractivity contribution in [2.75, 3.05) is 20.6 Å². The van der Waals surface area contributed by atoms with E-state index in [1.807, 2.05) is 6.92 Å². The molecular weight excluding hydrogens is 370 g/mol. The first kappa shape index (κ1) is 20.4. The molecule has 2 unspecified atom stereocenters. The van der Waals surface area contributed by atoms with Gasteiger partial charge in [-0.2, -0.15) is 11.8 Å². The van der Waals surface area contributed by atoms with Crippen LogP contribution in [0.2, 0.25) is 0 Å². The number of fused-ring (bicyclic) bond motifs is 1. The molecule has 3 N–H and O–H groups in total. The standard InChI is InChI=1S/C18H29N3O5S/c1-8-14-13(9(2)22)17(24)21(14)15(18(25)26)16(8)27-11-5-10(19-7-11)6-12(23)20(3)4/h8-11,13-16,19,22H,5-7H2,1-4H3,(H,25,26)/t8-,9-,10+,11+,13-,14-,15?,16?/m1/s1. The van der Waals surface area contributed by atoms with Crippen molar-refractivity contribution in [2.45, 2.75) is 61.4 Å². The van der Waals surface area contributed by atoms with Crippen LogP contribution in [0.15, 0.2) is 0 Å². The van der Waals surface area contributed by atoms with E-state index in [1.54, 1.807) is 37.7 Å². The molecule has 0 aromatic carbocycles. The molecule has 3 aliphatic heterocycles. The fourth-order valence-electron chi connectivity index (χ4n) is 4.71. The van der Waals surface area contributed by atoms with Gasteiger partial charge in [-0.15, -0.1) is 0 Å². The Hall–Kier alpha value is -1.32. The minimum absolute atomic E-state index is 0.00384. The van der Waals surface area contributed by atoms with Crippen molar-refractivity contribution in [2.24, 2.45) is 11.8 Å². The number of aliphatic hydroxyl groups is 1. The predicted molar refractivity (Wildman–Crippen MR) is 101 cm³/mol. The zero-order chi connectivity index (χ0) is 20.0.